The summed E-state index contributed by atoms with van der Waals surface area (Å²) in [4.78, 5) is 6.46. The Balaban J connectivity index is 1.36. The van der Waals surface area contributed by atoms with Gasteiger partial charge in [-0.05, 0) is 58.9 Å². The number of nitrogens with zero attached hydrogens (tertiary/aromatic N) is 2. The van der Waals surface area contributed by atoms with Gasteiger partial charge in [0.05, 0.1) is 4.47 Å². The highest BCUT2D eigenvalue weighted by Crippen LogP contribution is 2.22. The van der Waals surface area contributed by atoms with Gasteiger partial charge in [0.25, 0.3) is 0 Å². The van der Waals surface area contributed by atoms with Gasteiger partial charge in [-0.15, -0.1) is 0 Å². The summed E-state index contributed by atoms with van der Waals surface area (Å²) in [5.74, 6) is 0. The Morgan fingerprint density at radius 2 is 1.96 bits per heavy atom. The summed E-state index contributed by atoms with van der Waals surface area (Å²) in [6, 6.07) is 10.1. The van der Waals surface area contributed by atoms with Gasteiger partial charge in [0.15, 0.2) is 0 Å². The van der Waals surface area contributed by atoms with Gasteiger partial charge in [-0.2, -0.15) is 0 Å². The number of sulfonamides is 1. The van der Waals surface area contributed by atoms with Crippen LogP contribution in [0.25, 0.3) is 0 Å². The van der Waals surface area contributed by atoms with Gasteiger partial charge >= 0.3 is 0 Å². The normalized spacial score (nSPS) is 14.9. The summed E-state index contributed by atoms with van der Waals surface area (Å²) >= 11 is 9.00. The molecule has 0 spiro atoms. The predicted octanol–water partition coefficient (Wildman–Crippen LogP) is 4.00. The second-order valence-electron chi connectivity index (χ2n) is 6.70. The molecule has 1 aromatic heterocycles. The van der Waals surface area contributed by atoms with Crippen molar-refractivity contribution in [1.82, 2.24) is 14.6 Å². The van der Waals surface area contributed by atoms with E-state index in [4.69, 9.17) is 11.6 Å². The number of hydrogen-bond donors (Lipinski definition) is 1. The van der Waals surface area contributed by atoms with Crippen LogP contribution in [0.15, 0.2) is 45.9 Å². The SMILES string of the molecule is O=S(=O)(NCCCCCN1CCc2ccccc2C1)c1cnc(Cl)c(Br)c1. The second-order valence-corrected chi connectivity index (χ2v) is 9.68. The zero-order valence-electron chi connectivity index (χ0n) is 15.0. The van der Waals surface area contributed by atoms with E-state index in [0.717, 1.165) is 45.3 Å². The fourth-order valence-electron chi connectivity index (χ4n) is 3.22. The molecule has 0 saturated heterocycles. The molecule has 1 N–H and O–H groups in total. The molecule has 0 fully saturated rings. The molecule has 0 bridgehead atoms. The Hall–Kier alpha value is -0.990. The van der Waals surface area contributed by atoms with E-state index < -0.39 is 10.0 Å². The maximum absolute atomic E-state index is 12.3. The molecule has 1 aliphatic rings. The Kier molecular flexibility index (Phi) is 7.28. The van der Waals surface area contributed by atoms with Crippen molar-refractivity contribution >= 4 is 37.6 Å². The van der Waals surface area contributed by atoms with Crippen LogP contribution in [0.2, 0.25) is 5.15 Å². The molecule has 0 saturated carbocycles. The molecule has 2 heterocycles. The summed E-state index contributed by atoms with van der Waals surface area (Å²) in [5, 5.41) is 0.245. The van der Waals surface area contributed by atoms with Crippen LogP contribution in [-0.4, -0.2) is 37.9 Å². The van der Waals surface area contributed by atoms with Crippen molar-refractivity contribution < 1.29 is 8.42 Å². The first-order chi connectivity index (χ1) is 13.0. The molecule has 2 aromatic rings. The minimum Gasteiger partial charge on any atom is -0.299 e. The molecule has 1 aromatic carbocycles. The Morgan fingerprint density at radius 3 is 2.74 bits per heavy atom. The molecule has 8 heteroatoms. The minimum absolute atomic E-state index is 0.116. The monoisotopic (exact) mass is 471 g/mol. The lowest BCUT2D eigenvalue weighted by Crippen LogP contribution is -2.31. The van der Waals surface area contributed by atoms with Crippen molar-refractivity contribution in [2.45, 2.75) is 37.1 Å². The molecular weight excluding hydrogens is 450 g/mol. The van der Waals surface area contributed by atoms with Gasteiger partial charge in [0, 0.05) is 25.8 Å². The summed E-state index contributed by atoms with van der Waals surface area (Å²) < 4.78 is 27.6. The number of fused-ring (bicyclic) bond motifs is 1. The largest absolute Gasteiger partial charge is 0.299 e. The van der Waals surface area contributed by atoms with Gasteiger partial charge < -0.3 is 0 Å². The van der Waals surface area contributed by atoms with Gasteiger partial charge in [-0.1, -0.05) is 42.3 Å². The van der Waals surface area contributed by atoms with Gasteiger partial charge in [0.1, 0.15) is 10.0 Å². The number of aromatic nitrogens is 1. The number of halogens is 2. The van der Waals surface area contributed by atoms with E-state index in [1.54, 1.807) is 0 Å². The molecule has 1 aliphatic heterocycles. The lowest BCUT2D eigenvalue weighted by Gasteiger charge is -2.28. The topological polar surface area (TPSA) is 62.3 Å². The number of benzene rings is 1. The molecule has 146 valence electrons. The highest BCUT2D eigenvalue weighted by atomic mass is 79.9. The van der Waals surface area contributed by atoms with Crippen molar-refractivity contribution in [2.75, 3.05) is 19.6 Å². The standard InChI is InChI=1S/C19H23BrClN3O2S/c20-18-12-17(13-22-19(18)21)27(25,26)23-9-4-1-5-10-24-11-8-15-6-2-3-7-16(15)14-24/h2-3,6-7,12-13,23H,1,4-5,8-11,14H2. The van der Waals surface area contributed by atoms with Gasteiger partial charge in [-0.3, -0.25) is 4.90 Å². The van der Waals surface area contributed by atoms with E-state index in [1.807, 2.05) is 0 Å². The van der Waals surface area contributed by atoms with Crippen molar-refractivity contribution in [3.05, 3.63) is 57.3 Å². The Bertz CT molecular complexity index is 892. The van der Waals surface area contributed by atoms with Crippen LogP contribution in [0.4, 0.5) is 0 Å². The summed E-state index contributed by atoms with van der Waals surface area (Å²) in [6.45, 7) is 3.59. The van der Waals surface area contributed by atoms with E-state index in [9.17, 15) is 8.42 Å². The zero-order valence-corrected chi connectivity index (χ0v) is 18.2. The smallest absolute Gasteiger partial charge is 0.242 e. The molecule has 3 rings (SSSR count). The summed E-state index contributed by atoms with van der Waals surface area (Å²) in [7, 11) is -3.55. The van der Waals surface area contributed by atoms with E-state index in [1.165, 1.54) is 23.4 Å². The van der Waals surface area contributed by atoms with E-state index >= 15 is 0 Å². The van der Waals surface area contributed by atoms with Crippen LogP contribution < -0.4 is 4.72 Å². The Labute approximate surface area is 174 Å². The van der Waals surface area contributed by atoms with Crippen LogP contribution >= 0.6 is 27.5 Å². The third-order valence-electron chi connectivity index (χ3n) is 4.73. The van der Waals surface area contributed by atoms with Crippen LogP contribution in [0.1, 0.15) is 30.4 Å². The molecule has 0 atom stereocenters. The van der Waals surface area contributed by atoms with E-state index in [-0.39, 0.29) is 10.0 Å². The molecule has 0 unspecified atom stereocenters. The lowest BCUT2D eigenvalue weighted by molar-refractivity contribution is 0.248. The summed E-state index contributed by atoms with van der Waals surface area (Å²) in [5.41, 5.74) is 2.89. The maximum Gasteiger partial charge on any atom is 0.242 e. The highest BCUT2D eigenvalue weighted by Gasteiger charge is 2.16. The predicted molar refractivity (Wildman–Crippen MR) is 111 cm³/mol. The fourth-order valence-corrected chi connectivity index (χ4v) is 4.87. The first-order valence-electron chi connectivity index (χ1n) is 9.05. The van der Waals surface area contributed by atoms with Crippen molar-refractivity contribution in [2.24, 2.45) is 0 Å². The molecule has 0 amide bonds. The van der Waals surface area contributed by atoms with Crippen LogP contribution in [0.5, 0.6) is 0 Å². The fraction of sp³-hybridized carbons (Fsp3) is 0.421. The third kappa shape index (κ3) is 5.74. The van der Waals surface area contributed by atoms with Crippen LogP contribution in [-0.2, 0) is 23.0 Å². The highest BCUT2D eigenvalue weighted by molar-refractivity contribution is 9.10. The first kappa shape index (κ1) is 20.7. The van der Waals surface area contributed by atoms with Crippen LogP contribution in [0.3, 0.4) is 0 Å². The van der Waals surface area contributed by atoms with Crippen molar-refractivity contribution in [3.8, 4) is 0 Å². The number of pyridine rings is 1. The molecule has 0 radical (unpaired) electrons. The van der Waals surface area contributed by atoms with Gasteiger partial charge in [-0.25, -0.2) is 18.1 Å². The average Bonchev–Trinajstić information content (AvgIpc) is 2.66. The molecule has 0 aliphatic carbocycles. The second kappa shape index (κ2) is 9.47. The summed E-state index contributed by atoms with van der Waals surface area (Å²) in [6.07, 6.45) is 5.25. The average molecular weight is 473 g/mol. The quantitative estimate of drug-likeness (QED) is 0.466. The molecule has 5 nitrogen and oxygen atoms in total. The number of hydrogen-bond acceptors (Lipinski definition) is 4. The maximum atomic E-state index is 12.3. The lowest BCUT2D eigenvalue weighted by atomic mass is 10.00. The van der Waals surface area contributed by atoms with Crippen LogP contribution in [0, 0.1) is 0 Å². The number of rotatable bonds is 8. The van der Waals surface area contributed by atoms with E-state index in [0.29, 0.717) is 11.0 Å². The van der Waals surface area contributed by atoms with Crippen molar-refractivity contribution in [1.29, 1.82) is 0 Å². The van der Waals surface area contributed by atoms with Gasteiger partial charge in [0.2, 0.25) is 10.0 Å². The first-order valence-corrected chi connectivity index (χ1v) is 11.7. The third-order valence-corrected chi connectivity index (χ3v) is 7.30. The Morgan fingerprint density at radius 1 is 1.19 bits per heavy atom. The molecule has 27 heavy (non-hydrogen) atoms. The molecular formula is C19H23BrClN3O2S. The van der Waals surface area contributed by atoms with Crippen molar-refractivity contribution in [3.63, 3.8) is 0 Å². The zero-order chi connectivity index (χ0) is 19.3. The van der Waals surface area contributed by atoms with E-state index in [2.05, 4.69) is 54.8 Å². The minimum atomic E-state index is -3.55. The number of unbranched alkanes of at least 4 members (excludes halogenated alkanes) is 2. The number of nitrogens with one attached hydrogen (secondary N) is 1.